The van der Waals surface area contributed by atoms with Crippen molar-refractivity contribution < 1.29 is 32.6 Å². The predicted molar refractivity (Wildman–Crippen MR) is 57.9 cm³/mol. The fourth-order valence-electron chi connectivity index (χ4n) is 1.18. The molecule has 104 valence electrons. The Bertz CT molecular complexity index is 461. The van der Waals surface area contributed by atoms with E-state index in [1.165, 1.54) is 12.1 Å². The first-order valence-electron chi connectivity index (χ1n) is 4.73. The van der Waals surface area contributed by atoms with Crippen LogP contribution in [0, 0.1) is 0 Å². The molecule has 9 heteroatoms. The lowest BCUT2D eigenvalue weighted by Gasteiger charge is -2.14. The van der Waals surface area contributed by atoms with E-state index in [1.807, 2.05) is 0 Å². The highest BCUT2D eigenvalue weighted by Crippen LogP contribution is 2.23. The molecule has 0 aliphatic carbocycles. The minimum absolute atomic E-state index is 0.283. The number of amides is 2. The third-order valence-corrected chi connectivity index (χ3v) is 2.14. The van der Waals surface area contributed by atoms with Crippen molar-refractivity contribution in [3.63, 3.8) is 0 Å². The molecule has 1 N–H and O–H groups in total. The van der Waals surface area contributed by atoms with Gasteiger partial charge in [0, 0.05) is 0 Å². The molecule has 0 atom stereocenters. The lowest BCUT2D eigenvalue weighted by molar-refractivity contribution is -0.274. The summed E-state index contributed by atoms with van der Waals surface area (Å²) in [5.41, 5.74) is 0.283. The first-order valence-corrected chi connectivity index (χ1v) is 5.11. The summed E-state index contributed by atoms with van der Waals surface area (Å²) >= 11 is 5.04. The van der Waals surface area contributed by atoms with Gasteiger partial charge in [0.25, 0.3) is 0 Å². The van der Waals surface area contributed by atoms with E-state index >= 15 is 0 Å². The minimum Gasteiger partial charge on any atom is -0.465 e. The minimum atomic E-state index is -4.80. The molecule has 0 spiro atoms. The van der Waals surface area contributed by atoms with Gasteiger partial charge in [0.15, 0.2) is 0 Å². The summed E-state index contributed by atoms with van der Waals surface area (Å²) in [5, 5.41) is 7.45. The van der Waals surface area contributed by atoms with Crippen molar-refractivity contribution in [1.82, 2.24) is 4.90 Å². The second kappa shape index (κ2) is 5.79. The van der Waals surface area contributed by atoms with Crippen LogP contribution < -0.4 is 4.74 Å². The average Bonchev–Trinajstić information content (AvgIpc) is 2.25. The lowest BCUT2D eigenvalue weighted by Crippen LogP contribution is -2.31. The molecule has 2 amide bonds. The Morgan fingerprint density at radius 3 is 2.16 bits per heavy atom. The Hall–Kier alpha value is -1.96. The number of hydrogen-bond acceptors (Lipinski definition) is 3. The van der Waals surface area contributed by atoms with Crippen LogP contribution in [0.5, 0.6) is 5.75 Å². The van der Waals surface area contributed by atoms with E-state index in [2.05, 4.69) is 4.74 Å². The summed E-state index contributed by atoms with van der Waals surface area (Å²) < 4.78 is 39.3. The van der Waals surface area contributed by atoms with Gasteiger partial charge in [-0.1, -0.05) is 12.1 Å². The van der Waals surface area contributed by atoms with Crippen LogP contribution in [0.15, 0.2) is 24.3 Å². The summed E-state index contributed by atoms with van der Waals surface area (Å²) in [5.74, 6) is -0.449. The molecule has 0 fully saturated rings. The molecule has 0 unspecified atom stereocenters. The van der Waals surface area contributed by atoms with Crippen LogP contribution in [-0.2, 0) is 6.54 Å². The molecule has 0 radical (unpaired) electrons. The molecule has 19 heavy (non-hydrogen) atoms. The summed E-state index contributed by atoms with van der Waals surface area (Å²) in [6, 6.07) is 4.39. The van der Waals surface area contributed by atoms with Crippen molar-refractivity contribution in [2.75, 3.05) is 0 Å². The number of carboxylic acid groups (broad SMARTS) is 1. The number of rotatable bonds is 3. The van der Waals surface area contributed by atoms with E-state index in [0.717, 1.165) is 12.1 Å². The van der Waals surface area contributed by atoms with Crippen LogP contribution in [0.4, 0.5) is 22.8 Å². The van der Waals surface area contributed by atoms with Gasteiger partial charge in [0.05, 0.1) is 6.54 Å². The molecular formula is C10H7ClF3NO4. The zero-order chi connectivity index (χ0) is 14.6. The number of carbonyl (C=O) groups excluding carboxylic acids is 1. The third kappa shape index (κ3) is 5.04. The number of hydrogen-bond donors (Lipinski definition) is 1. The second-order valence-electron chi connectivity index (χ2n) is 3.31. The van der Waals surface area contributed by atoms with Crippen molar-refractivity contribution in [2.24, 2.45) is 0 Å². The highest BCUT2D eigenvalue weighted by Gasteiger charge is 2.31. The molecule has 0 aromatic heterocycles. The van der Waals surface area contributed by atoms with Crippen LogP contribution in [-0.4, -0.2) is 27.8 Å². The number of nitrogens with zero attached hydrogens (tertiary/aromatic N) is 1. The SMILES string of the molecule is O=C(O)N(Cc1ccc(OC(F)(F)F)cc1)C(=O)Cl. The molecule has 1 aromatic carbocycles. The van der Waals surface area contributed by atoms with Crippen LogP contribution >= 0.6 is 11.6 Å². The summed E-state index contributed by atoms with van der Waals surface area (Å²) in [7, 11) is 0. The maximum absolute atomic E-state index is 11.9. The lowest BCUT2D eigenvalue weighted by atomic mass is 10.2. The molecule has 1 aromatic rings. The zero-order valence-corrected chi connectivity index (χ0v) is 9.90. The monoisotopic (exact) mass is 297 g/mol. The van der Waals surface area contributed by atoms with Gasteiger partial charge < -0.3 is 9.84 Å². The molecule has 0 bridgehead atoms. The van der Waals surface area contributed by atoms with Gasteiger partial charge in [-0.25, -0.2) is 9.69 Å². The van der Waals surface area contributed by atoms with Gasteiger partial charge in [0.1, 0.15) is 5.75 Å². The predicted octanol–water partition coefficient (Wildman–Crippen LogP) is 3.42. The number of carbonyl (C=O) groups is 2. The third-order valence-electron chi connectivity index (χ3n) is 1.94. The highest BCUT2D eigenvalue weighted by molar-refractivity contribution is 6.63. The van der Waals surface area contributed by atoms with Gasteiger partial charge in [0.2, 0.25) is 0 Å². The first kappa shape index (κ1) is 15.1. The van der Waals surface area contributed by atoms with Gasteiger partial charge in [-0.2, -0.15) is 0 Å². The Balaban J connectivity index is 2.76. The fourth-order valence-corrected chi connectivity index (χ4v) is 1.32. The largest absolute Gasteiger partial charge is 0.573 e. The van der Waals surface area contributed by atoms with E-state index in [-0.39, 0.29) is 12.1 Å². The summed E-state index contributed by atoms with van der Waals surface area (Å²) in [6.07, 6.45) is -6.36. The molecular weight excluding hydrogens is 291 g/mol. The second-order valence-corrected chi connectivity index (χ2v) is 3.64. The fraction of sp³-hybridized carbons (Fsp3) is 0.200. The molecule has 0 aliphatic rings. The van der Waals surface area contributed by atoms with Gasteiger partial charge in [-0.3, -0.25) is 4.79 Å². The molecule has 0 heterocycles. The number of alkyl halides is 3. The van der Waals surface area contributed by atoms with Crippen molar-refractivity contribution in [3.8, 4) is 5.75 Å². The Morgan fingerprint density at radius 1 is 1.26 bits per heavy atom. The van der Waals surface area contributed by atoms with E-state index in [1.54, 1.807) is 0 Å². The normalized spacial score (nSPS) is 10.9. The molecule has 0 saturated carbocycles. The standard InChI is InChI=1S/C10H7ClF3NO4/c11-8(16)15(9(17)18)5-6-1-3-7(4-2-6)19-10(12,13)14/h1-4H,5H2,(H,17,18). The van der Waals surface area contributed by atoms with Crippen LogP contribution in [0.3, 0.4) is 0 Å². The van der Waals surface area contributed by atoms with Gasteiger partial charge >= 0.3 is 17.8 Å². The number of imide groups is 1. The van der Waals surface area contributed by atoms with Crippen molar-refractivity contribution in [2.45, 2.75) is 12.9 Å². The molecule has 5 nitrogen and oxygen atoms in total. The van der Waals surface area contributed by atoms with Crippen molar-refractivity contribution >= 4 is 23.1 Å². The number of benzene rings is 1. The van der Waals surface area contributed by atoms with Crippen LogP contribution in [0.1, 0.15) is 5.56 Å². The van der Waals surface area contributed by atoms with E-state index in [4.69, 9.17) is 16.7 Å². The number of halogens is 4. The van der Waals surface area contributed by atoms with Crippen LogP contribution in [0.25, 0.3) is 0 Å². The van der Waals surface area contributed by atoms with E-state index in [0.29, 0.717) is 4.90 Å². The zero-order valence-electron chi connectivity index (χ0n) is 9.15. The summed E-state index contributed by atoms with van der Waals surface area (Å²) in [6.45, 7) is -0.371. The topological polar surface area (TPSA) is 66.8 Å². The van der Waals surface area contributed by atoms with Gasteiger partial charge in [-0.05, 0) is 29.3 Å². The number of ether oxygens (including phenoxy) is 1. The maximum Gasteiger partial charge on any atom is 0.573 e. The quantitative estimate of drug-likeness (QED) is 0.685. The van der Waals surface area contributed by atoms with Crippen molar-refractivity contribution in [3.05, 3.63) is 29.8 Å². The van der Waals surface area contributed by atoms with Crippen LogP contribution in [0.2, 0.25) is 0 Å². The van der Waals surface area contributed by atoms with Crippen molar-refractivity contribution in [1.29, 1.82) is 0 Å². The Morgan fingerprint density at radius 2 is 1.79 bits per heavy atom. The van der Waals surface area contributed by atoms with E-state index in [9.17, 15) is 22.8 Å². The molecule has 1 rings (SSSR count). The molecule has 0 aliphatic heterocycles. The summed E-state index contributed by atoms with van der Waals surface area (Å²) in [4.78, 5) is 21.7. The Kier molecular flexibility index (Phi) is 4.60. The molecule has 0 saturated heterocycles. The Labute approximate surface area is 110 Å². The average molecular weight is 298 g/mol. The van der Waals surface area contributed by atoms with Gasteiger partial charge in [-0.15, -0.1) is 13.2 Å². The maximum atomic E-state index is 11.9. The smallest absolute Gasteiger partial charge is 0.465 e. The van der Waals surface area contributed by atoms with E-state index < -0.39 is 23.6 Å². The highest BCUT2D eigenvalue weighted by atomic mass is 35.5. The first-order chi connectivity index (χ1) is 8.69.